The van der Waals surface area contributed by atoms with Crippen molar-refractivity contribution in [3.8, 4) is 0 Å². The third kappa shape index (κ3) is 6.85. The van der Waals surface area contributed by atoms with Crippen LogP contribution in [0.4, 0.5) is 10.5 Å². The number of aromatic nitrogens is 1. The molecule has 0 saturated carbocycles. The van der Waals surface area contributed by atoms with Crippen LogP contribution in [0.5, 0.6) is 0 Å². The normalized spacial score (nSPS) is 12.4. The van der Waals surface area contributed by atoms with Gasteiger partial charge in [-0.25, -0.2) is 9.78 Å². The Morgan fingerprint density at radius 1 is 1.06 bits per heavy atom. The van der Waals surface area contributed by atoms with Crippen molar-refractivity contribution in [3.63, 3.8) is 0 Å². The zero-order chi connectivity index (χ0) is 24.5. The van der Waals surface area contributed by atoms with E-state index in [2.05, 4.69) is 15.6 Å². The van der Waals surface area contributed by atoms with Crippen LogP contribution in [0.2, 0.25) is 0 Å². The summed E-state index contributed by atoms with van der Waals surface area (Å²) in [6.07, 6.45) is 0.723. The number of carbonyl (C=O) groups excluding carboxylic acids is 2. The lowest BCUT2D eigenvalue weighted by Crippen LogP contribution is -2.49. The Bertz CT molecular complexity index is 1120. The van der Waals surface area contributed by atoms with E-state index in [4.69, 9.17) is 4.74 Å². The molecule has 1 aromatic heterocycles. The van der Waals surface area contributed by atoms with Crippen molar-refractivity contribution in [2.45, 2.75) is 38.3 Å². The minimum atomic E-state index is -0.861. The van der Waals surface area contributed by atoms with E-state index in [0.29, 0.717) is 6.42 Å². The number of methoxy groups -OCH3 is 1. The monoisotopic (exact) mass is 482 g/mol. The minimum absolute atomic E-state index is 0.00273. The molecule has 9 nitrogen and oxygen atoms in total. The molecule has 0 fully saturated rings. The smallest absolute Gasteiger partial charge is 0.407 e. The molecule has 0 aliphatic rings. The SMILES string of the molecule is CCc1csc(C(Cc2ccc([N+](=O)[O-])cc2)NC(=O)[C@H](Cc2ccccc2)NC(=O)OC)n1. The molecule has 10 heteroatoms. The number of non-ortho nitro benzene ring substituents is 1. The van der Waals surface area contributed by atoms with Crippen molar-refractivity contribution in [1.29, 1.82) is 0 Å². The number of benzene rings is 2. The lowest BCUT2D eigenvalue weighted by Gasteiger charge is -2.22. The number of thiazole rings is 1. The van der Waals surface area contributed by atoms with Gasteiger partial charge in [-0.3, -0.25) is 14.9 Å². The average Bonchev–Trinajstić information content (AvgIpc) is 3.33. The first-order valence-corrected chi connectivity index (χ1v) is 11.6. The Hall–Kier alpha value is -3.79. The maximum atomic E-state index is 13.3. The fourth-order valence-corrected chi connectivity index (χ4v) is 4.32. The van der Waals surface area contributed by atoms with Gasteiger partial charge in [-0.2, -0.15) is 0 Å². The third-order valence-corrected chi connectivity index (χ3v) is 6.22. The fraction of sp³-hybridized carbons (Fsp3) is 0.292. The van der Waals surface area contributed by atoms with Crippen LogP contribution in [0.15, 0.2) is 60.0 Å². The number of nitro benzene ring substituents is 1. The molecule has 3 aromatic rings. The topological polar surface area (TPSA) is 123 Å². The first-order valence-electron chi connectivity index (χ1n) is 10.8. The van der Waals surface area contributed by atoms with Crippen LogP contribution >= 0.6 is 11.3 Å². The van der Waals surface area contributed by atoms with Crippen LogP contribution in [0.25, 0.3) is 0 Å². The molecule has 0 aliphatic carbocycles. The van der Waals surface area contributed by atoms with E-state index < -0.39 is 23.1 Å². The summed E-state index contributed by atoms with van der Waals surface area (Å²) in [5, 5.41) is 19.3. The molecular weight excluding hydrogens is 456 g/mol. The van der Waals surface area contributed by atoms with E-state index in [9.17, 15) is 19.7 Å². The maximum Gasteiger partial charge on any atom is 0.407 e. The summed E-state index contributed by atoms with van der Waals surface area (Å²) in [6.45, 7) is 2.00. The van der Waals surface area contributed by atoms with E-state index in [0.717, 1.165) is 28.2 Å². The zero-order valence-electron chi connectivity index (χ0n) is 18.9. The number of hydrogen-bond acceptors (Lipinski definition) is 7. The Kier molecular flexibility index (Phi) is 8.69. The van der Waals surface area contributed by atoms with E-state index in [1.165, 1.54) is 30.6 Å². The number of carbonyl (C=O) groups is 2. The molecule has 2 amide bonds. The van der Waals surface area contributed by atoms with Gasteiger partial charge in [-0.15, -0.1) is 11.3 Å². The first-order chi connectivity index (χ1) is 16.4. The summed E-state index contributed by atoms with van der Waals surface area (Å²) in [5.74, 6) is -0.380. The number of nitro groups is 1. The third-order valence-electron chi connectivity index (χ3n) is 5.21. The summed E-state index contributed by atoms with van der Waals surface area (Å²) in [4.78, 5) is 40.4. The van der Waals surface area contributed by atoms with Crippen molar-refractivity contribution >= 4 is 29.0 Å². The molecule has 0 aliphatic heterocycles. The minimum Gasteiger partial charge on any atom is -0.453 e. The van der Waals surface area contributed by atoms with Gasteiger partial charge in [0.25, 0.3) is 5.69 Å². The van der Waals surface area contributed by atoms with Crippen molar-refractivity contribution in [3.05, 3.63) is 91.9 Å². The highest BCUT2D eigenvalue weighted by Gasteiger charge is 2.26. The summed E-state index contributed by atoms with van der Waals surface area (Å²) in [7, 11) is 1.24. The van der Waals surface area contributed by atoms with E-state index >= 15 is 0 Å². The quantitative estimate of drug-likeness (QED) is 0.333. The van der Waals surface area contributed by atoms with Gasteiger partial charge in [0.1, 0.15) is 11.0 Å². The maximum absolute atomic E-state index is 13.3. The zero-order valence-corrected chi connectivity index (χ0v) is 19.7. The van der Waals surface area contributed by atoms with E-state index in [1.54, 1.807) is 12.1 Å². The molecule has 2 N–H and O–H groups in total. The summed E-state index contributed by atoms with van der Waals surface area (Å²) in [6, 6.07) is 14.2. The van der Waals surface area contributed by atoms with Gasteiger partial charge in [-0.05, 0) is 24.0 Å². The highest BCUT2D eigenvalue weighted by Crippen LogP contribution is 2.24. The molecule has 178 valence electrons. The van der Waals surface area contributed by atoms with Gasteiger partial charge in [0.05, 0.1) is 23.8 Å². The highest BCUT2D eigenvalue weighted by molar-refractivity contribution is 7.09. The average molecular weight is 483 g/mol. The highest BCUT2D eigenvalue weighted by atomic mass is 32.1. The van der Waals surface area contributed by atoms with Gasteiger partial charge in [0, 0.05) is 23.9 Å². The second-order valence-electron chi connectivity index (χ2n) is 7.60. The second-order valence-corrected chi connectivity index (χ2v) is 8.49. The van der Waals surface area contributed by atoms with Gasteiger partial charge < -0.3 is 15.4 Å². The van der Waals surface area contributed by atoms with Gasteiger partial charge in [0.2, 0.25) is 5.91 Å². The number of ether oxygens (including phenoxy) is 1. The fourth-order valence-electron chi connectivity index (χ4n) is 3.37. The molecule has 3 rings (SSSR count). The molecule has 2 aromatic carbocycles. The number of aryl methyl sites for hydroxylation is 1. The van der Waals surface area contributed by atoms with Crippen LogP contribution in [0, 0.1) is 10.1 Å². The van der Waals surface area contributed by atoms with Crippen molar-refractivity contribution in [2.24, 2.45) is 0 Å². The molecular formula is C24H26N4O5S. The van der Waals surface area contributed by atoms with Crippen LogP contribution in [-0.4, -0.2) is 35.1 Å². The number of nitrogens with zero attached hydrogens (tertiary/aromatic N) is 2. The number of amides is 2. The number of alkyl carbamates (subject to hydrolysis) is 1. The van der Waals surface area contributed by atoms with Crippen molar-refractivity contribution in [1.82, 2.24) is 15.6 Å². The molecule has 34 heavy (non-hydrogen) atoms. The van der Waals surface area contributed by atoms with Crippen molar-refractivity contribution in [2.75, 3.05) is 7.11 Å². The molecule has 2 atom stereocenters. The van der Waals surface area contributed by atoms with Gasteiger partial charge in [-0.1, -0.05) is 49.4 Å². The molecule has 1 unspecified atom stereocenters. The molecule has 1 heterocycles. The van der Waals surface area contributed by atoms with Crippen LogP contribution in [0.3, 0.4) is 0 Å². The molecule has 0 bridgehead atoms. The van der Waals surface area contributed by atoms with Gasteiger partial charge >= 0.3 is 6.09 Å². The standard InChI is InChI=1S/C24H26N4O5S/c1-3-18-15-34-23(25-18)21(14-17-9-11-19(12-10-17)28(31)32)26-22(29)20(27-24(30)33-2)13-16-7-5-4-6-8-16/h4-12,15,20-21H,3,13-14H2,1-2H3,(H,26,29)(H,27,30)/t20-,21?/m0/s1. The molecule has 0 radical (unpaired) electrons. The lowest BCUT2D eigenvalue weighted by atomic mass is 10.0. The molecule has 0 spiro atoms. The van der Waals surface area contributed by atoms with Crippen LogP contribution < -0.4 is 10.6 Å². The largest absolute Gasteiger partial charge is 0.453 e. The van der Waals surface area contributed by atoms with Gasteiger partial charge in [0.15, 0.2) is 0 Å². The van der Waals surface area contributed by atoms with Crippen LogP contribution in [-0.2, 0) is 28.8 Å². The van der Waals surface area contributed by atoms with Crippen LogP contribution in [0.1, 0.15) is 34.8 Å². The van der Waals surface area contributed by atoms with E-state index in [-0.39, 0.29) is 18.0 Å². The Morgan fingerprint density at radius 2 is 1.74 bits per heavy atom. The number of rotatable bonds is 10. The second kappa shape index (κ2) is 11.9. The summed E-state index contributed by atoms with van der Waals surface area (Å²) < 4.78 is 4.71. The predicted octanol–water partition coefficient (Wildman–Crippen LogP) is 3.98. The molecule has 0 saturated heterocycles. The Balaban J connectivity index is 1.83. The van der Waals surface area contributed by atoms with E-state index in [1.807, 2.05) is 42.6 Å². The predicted molar refractivity (Wildman–Crippen MR) is 129 cm³/mol. The summed E-state index contributed by atoms with van der Waals surface area (Å²) in [5.41, 5.74) is 2.60. The Labute approximate surface area is 201 Å². The number of hydrogen-bond donors (Lipinski definition) is 2. The Morgan fingerprint density at radius 3 is 2.32 bits per heavy atom. The lowest BCUT2D eigenvalue weighted by molar-refractivity contribution is -0.384. The first kappa shape index (κ1) is 24.8. The number of nitrogens with one attached hydrogen (secondary N) is 2. The summed E-state index contributed by atoms with van der Waals surface area (Å²) >= 11 is 1.44. The van der Waals surface area contributed by atoms with Crippen molar-refractivity contribution < 1.29 is 19.2 Å².